The van der Waals surface area contributed by atoms with Crippen LogP contribution in [0.25, 0.3) is 0 Å². The van der Waals surface area contributed by atoms with Crippen molar-refractivity contribution in [1.82, 2.24) is 10.3 Å². The monoisotopic (exact) mass is 437 g/mol. The van der Waals surface area contributed by atoms with Crippen LogP contribution in [0.4, 0.5) is 5.69 Å². The minimum atomic E-state index is -0.163. The largest absolute Gasteiger partial charge is 0.489 e. The highest BCUT2D eigenvalue weighted by molar-refractivity contribution is 5.83. The molecule has 0 spiro atoms. The molecule has 1 aliphatic heterocycles. The number of hydrogen-bond donors (Lipinski definition) is 1. The van der Waals surface area contributed by atoms with E-state index in [2.05, 4.69) is 21.3 Å². The first-order chi connectivity index (χ1) is 15.6. The number of nitrogens with one attached hydrogen (secondary N) is 1. The molecule has 6 heteroatoms. The lowest BCUT2D eigenvalue weighted by molar-refractivity contribution is -0.122. The topological polar surface area (TPSA) is 63.7 Å². The number of benzene rings is 1. The normalized spacial score (nSPS) is 20.1. The van der Waals surface area contributed by atoms with Crippen LogP contribution in [0.2, 0.25) is 0 Å². The quantitative estimate of drug-likeness (QED) is 0.649. The van der Waals surface area contributed by atoms with Gasteiger partial charge in [0.25, 0.3) is 0 Å². The molecule has 1 aromatic heterocycles. The van der Waals surface area contributed by atoms with Gasteiger partial charge in [0.15, 0.2) is 0 Å². The number of ether oxygens (including phenoxy) is 2. The molecule has 0 radical (unpaired) electrons. The van der Waals surface area contributed by atoms with Crippen molar-refractivity contribution in [3.63, 3.8) is 0 Å². The van der Waals surface area contributed by atoms with Crippen molar-refractivity contribution in [3.05, 3.63) is 48.2 Å². The number of carbonyl (C=O) groups is 1. The van der Waals surface area contributed by atoms with Crippen LogP contribution in [0, 0.1) is 0 Å². The van der Waals surface area contributed by atoms with Crippen molar-refractivity contribution in [2.45, 2.75) is 70.5 Å². The van der Waals surface area contributed by atoms with Crippen molar-refractivity contribution < 1.29 is 14.3 Å². The summed E-state index contributed by atoms with van der Waals surface area (Å²) in [7, 11) is 0. The van der Waals surface area contributed by atoms with E-state index < -0.39 is 0 Å². The van der Waals surface area contributed by atoms with Gasteiger partial charge in [-0.1, -0.05) is 18.6 Å². The molecule has 0 bridgehead atoms. The summed E-state index contributed by atoms with van der Waals surface area (Å²) in [6, 6.07) is 12.0. The molecule has 2 unspecified atom stereocenters. The van der Waals surface area contributed by atoms with Gasteiger partial charge in [-0.25, -0.2) is 4.98 Å². The van der Waals surface area contributed by atoms with E-state index in [0.29, 0.717) is 12.6 Å². The Morgan fingerprint density at radius 2 is 1.84 bits per heavy atom. The molecule has 2 aromatic rings. The number of pyridine rings is 1. The van der Waals surface area contributed by atoms with Gasteiger partial charge in [-0.3, -0.25) is 4.79 Å². The highest BCUT2D eigenvalue weighted by Gasteiger charge is 2.25. The summed E-state index contributed by atoms with van der Waals surface area (Å²) in [5, 5.41) is 2.87. The summed E-state index contributed by atoms with van der Waals surface area (Å²) in [6.07, 6.45) is 9.46. The van der Waals surface area contributed by atoms with Crippen LogP contribution in [0.15, 0.2) is 42.6 Å². The van der Waals surface area contributed by atoms with Gasteiger partial charge < -0.3 is 19.7 Å². The van der Waals surface area contributed by atoms with Gasteiger partial charge in [-0.15, -0.1) is 0 Å². The van der Waals surface area contributed by atoms with E-state index in [9.17, 15) is 4.79 Å². The first kappa shape index (κ1) is 22.4. The molecule has 1 aromatic carbocycles. The van der Waals surface area contributed by atoms with Gasteiger partial charge in [0.05, 0.1) is 24.3 Å². The summed E-state index contributed by atoms with van der Waals surface area (Å²) in [5.74, 6) is 1.47. The molecule has 1 amide bonds. The minimum absolute atomic E-state index is 0.0522. The Labute approximate surface area is 191 Å². The predicted molar refractivity (Wildman–Crippen MR) is 127 cm³/mol. The summed E-state index contributed by atoms with van der Waals surface area (Å²) in [6.45, 7) is 6.29. The summed E-state index contributed by atoms with van der Waals surface area (Å²) in [4.78, 5) is 18.9. The fraction of sp³-hybridized carbons (Fsp3) is 0.538. The molecule has 172 valence electrons. The average Bonchev–Trinajstić information content (AvgIpc) is 3.29. The standard InChI is InChI=1S/C26H35N3O3/c1-3-27-26(30)19(2)20-9-12-23(13-10-20)31-24-15-16-29(18-24)21-11-14-25(28-17-21)32-22-7-5-4-6-8-22/h9-14,17,19,22,24H,3-8,15-16,18H2,1-2H3,(H,27,30). The van der Waals surface area contributed by atoms with Gasteiger partial charge in [0, 0.05) is 25.6 Å². The number of carbonyl (C=O) groups excluding carboxylic acids is 1. The second kappa shape index (κ2) is 10.7. The number of nitrogens with zero attached hydrogens (tertiary/aromatic N) is 2. The van der Waals surface area contributed by atoms with Crippen molar-refractivity contribution in [2.24, 2.45) is 0 Å². The molecule has 1 saturated heterocycles. The number of hydrogen-bond acceptors (Lipinski definition) is 5. The van der Waals surface area contributed by atoms with E-state index in [1.54, 1.807) is 0 Å². The minimum Gasteiger partial charge on any atom is -0.489 e. The maximum Gasteiger partial charge on any atom is 0.227 e. The van der Waals surface area contributed by atoms with Gasteiger partial charge in [0.1, 0.15) is 18.0 Å². The maximum absolute atomic E-state index is 12.0. The molecule has 32 heavy (non-hydrogen) atoms. The van der Waals surface area contributed by atoms with Crippen LogP contribution in [0.5, 0.6) is 11.6 Å². The van der Waals surface area contributed by atoms with E-state index in [-0.39, 0.29) is 17.9 Å². The molecule has 4 rings (SSSR count). The number of likely N-dealkylation sites (N-methyl/N-ethyl adjacent to an activating group) is 1. The molecule has 2 heterocycles. The molecule has 2 atom stereocenters. The fourth-order valence-corrected chi connectivity index (χ4v) is 4.55. The SMILES string of the molecule is CCNC(=O)C(C)c1ccc(OC2CCN(c3ccc(OC4CCCCC4)nc3)C2)cc1. The molecule has 6 nitrogen and oxygen atoms in total. The van der Waals surface area contributed by atoms with E-state index in [4.69, 9.17) is 9.47 Å². The summed E-state index contributed by atoms with van der Waals surface area (Å²) >= 11 is 0. The van der Waals surface area contributed by atoms with Crippen molar-refractivity contribution in [1.29, 1.82) is 0 Å². The second-order valence-corrected chi connectivity index (χ2v) is 8.89. The predicted octanol–water partition coefficient (Wildman–Crippen LogP) is 4.69. The Balaban J connectivity index is 1.27. The third-order valence-corrected chi connectivity index (χ3v) is 6.50. The third-order valence-electron chi connectivity index (χ3n) is 6.50. The van der Waals surface area contributed by atoms with Gasteiger partial charge in [-0.2, -0.15) is 0 Å². The van der Waals surface area contributed by atoms with Crippen LogP contribution >= 0.6 is 0 Å². The van der Waals surface area contributed by atoms with Crippen molar-refractivity contribution in [2.75, 3.05) is 24.5 Å². The van der Waals surface area contributed by atoms with Gasteiger partial charge in [-0.05, 0) is 63.3 Å². The van der Waals surface area contributed by atoms with E-state index >= 15 is 0 Å². The second-order valence-electron chi connectivity index (χ2n) is 8.89. The van der Waals surface area contributed by atoms with Crippen LogP contribution in [-0.4, -0.2) is 42.7 Å². The first-order valence-electron chi connectivity index (χ1n) is 12.0. The average molecular weight is 438 g/mol. The van der Waals surface area contributed by atoms with E-state index in [1.807, 2.05) is 50.4 Å². The van der Waals surface area contributed by atoms with Crippen molar-refractivity contribution in [3.8, 4) is 11.6 Å². The number of amides is 1. The van der Waals surface area contributed by atoms with Crippen molar-refractivity contribution >= 4 is 11.6 Å². The molecule has 1 N–H and O–H groups in total. The van der Waals surface area contributed by atoms with Crippen LogP contribution in [0.1, 0.15) is 63.9 Å². The van der Waals surface area contributed by atoms with Crippen LogP contribution in [0.3, 0.4) is 0 Å². The third kappa shape index (κ3) is 5.72. The van der Waals surface area contributed by atoms with Crippen LogP contribution < -0.4 is 19.7 Å². The lowest BCUT2D eigenvalue weighted by atomic mass is 9.98. The van der Waals surface area contributed by atoms with E-state index in [0.717, 1.165) is 55.2 Å². The molecule has 1 saturated carbocycles. The summed E-state index contributed by atoms with van der Waals surface area (Å²) in [5.41, 5.74) is 2.11. The highest BCUT2D eigenvalue weighted by atomic mass is 16.5. The zero-order valence-corrected chi connectivity index (χ0v) is 19.3. The lowest BCUT2D eigenvalue weighted by Gasteiger charge is -2.23. The lowest BCUT2D eigenvalue weighted by Crippen LogP contribution is -2.27. The first-order valence-corrected chi connectivity index (χ1v) is 12.0. The Kier molecular flexibility index (Phi) is 7.51. The molecule has 2 aliphatic rings. The Hall–Kier alpha value is -2.76. The number of rotatable bonds is 8. The molecule has 1 aliphatic carbocycles. The number of anilines is 1. The van der Waals surface area contributed by atoms with Gasteiger partial charge in [0.2, 0.25) is 11.8 Å². The maximum atomic E-state index is 12.0. The van der Waals surface area contributed by atoms with Gasteiger partial charge >= 0.3 is 0 Å². The highest BCUT2D eigenvalue weighted by Crippen LogP contribution is 2.27. The molecular formula is C26H35N3O3. The zero-order chi connectivity index (χ0) is 22.3. The zero-order valence-electron chi connectivity index (χ0n) is 19.3. The Morgan fingerprint density at radius 1 is 1.06 bits per heavy atom. The van der Waals surface area contributed by atoms with Crippen LogP contribution in [-0.2, 0) is 4.79 Å². The smallest absolute Gasteiger partial charge is 0.227 e. The Bertz CT molecular complexity index is 863. The molecule has 2 fully saturated rings. The Morgan fingerprint density at radius 3 is 2.53 bits per heavy atom. The summed E-state index contributed by atoms with van der Waals surface area (Å²) < 4.78 is 12.3. The molecular weight excluding hydrogens is 402 g/mol. The number of aromatic nitrogens is 1. The fourth-order valence-electron chi connectivity index (χ4n) is 4.55. The van der Waals surface area contributed by atoms with E-state index in [1.165, 1.54) is 19.3 Å².